The van der Waals surface area contributed by atoms with E-state index in [4.69, 9.17) is 5.10 Å². The molecular weight excluding hydrogens is 384 g/mol. The fourth-order valence-corrected chi connectivity index (χ4v) is 4.75. The molecule has 2 aromatic carbocycles. The Balaban J connectivity index is 1.58. The average molecular weight is 411 g/mol. The lowest BCUT2D eigenvalue weighted by atomic mass is 10.1. The summed E-state index contributed by atoms with van der Waals surface area (Å²) >= 11 is 0. The minimum Gasteiger partial charge on any atom is -0.296 e. The van der Waals surface area contributed by atoms with Crippen LogP contribution in [0.4, 0.5) is 0 Å². The van der Waals surface area contributed by atoms with E-state index in [1.54, 1.807) is 11.2 Å². The topological polar surface area (TPSA) is 58.4 Å². The van der Waals surface area contributed by atoms with Gasteiger partial charge >= 0.3 is 0 Å². The Morgan fingerprint density at radius 1 is 0.897 bits per heavy atom. The van der Waals surface area contributed by atoms with Crippen LogP contribution in [0.5, 0.6) is 0 Å². The molecule has 0 bridgehead atoms. The van der Waals surface area contributed by atoms with Crippen molar-refractivity contribution in [2.75, 3.05) is 31.9 Å². The van der Waals surface area contributed by atoms with E-state index >= 15 is 0 Å². The number of hydrogen-bond donors (Lipinski definition) is 0. The van der Waals surface area contributed by atoms with Crippen molar-refractivity contribution in [3.8, 4) is 16.9 Å². The summed E-state index contributed by atoms with van der Waals surface area (Å²) in [6.45, 7) is 4.99. The predicted octanol–water partition coefficient (Wildman–Crippen LogP) is 3.01. The molecule has 1 fully saturated rings. The summed E-state index contributed by atoms with van der Waals surface area (Å²) in [4.78, 5) is 2.31. The van der Waals surface area contributed by atoms with Crippen molar-refractivity contribution in [2.24, 2.45) is 0 Å². The molecule has 0 unspecified atom stereocenters. The van der Waals surface area contributed by atoms with Gasteiger partial charge in [-0.1, -0.05) is 48.5 Å². The maximum Gasteiger partial charge on any atom is 0.213 e. The predicted molar refractivity (Wildman–Crippen MR) is 115 cm³/mol. The third kappa shape index (κ3) is 4.42. The van der Waals surface area contributed by atoms with Gasteiger partial charge in [0, 0.05) is 50.0 Å². The van der Waals surface area contributed by atoms with Crippen LogP contribution < -0.4 is 0 Å². The van der Waals surface area contributed by atoms with Crippen LogP contribution in [0.1, 0.15) is 12.5 Å². The van der Waals surface area contributed by atoms with Crippen LogP contribution in [-0.4, -0.2) is 59.3 Å². The van der Waals surface area contributed by atoms with Gasteiger partial charge in [0.2, 0.25) is 10.0 Å². The van der Waals surface area contributed by atoms with Crippen molar-refractivity contribution < 1.29 is 8.42 Å². The molecule has 1 saturated heterocycles. The van der Waals surface area contributed by atoms with Gasteiger partial charge in [0.1, 0.15) is 0 Å². The Kier molecular flexibility index (Phi) is 5.80. The average Bonchev–Trinajstić information content (AvgIpc) is 3.19. The number of piperazine rings is 1. The summed E-state index contributed by atoms with van der Waals surface area (Å²) in [6, 6.07) is 20.3. The van der Waals surface area contributed by atoms with E-state index in [2.05, 4.69) is 23.2 Å². The highest BCUT2D eigenvalue weighted by atomic mass is 32.2. The van der Waals surface area contributed by atoms with Crippen LogP contribution in [0.3, 0.4) is 0 Å². The van der Waals surface area contributed by atoms with E-state index in [1.807, 2.05) is 53.2 Å². The molecular formula is C22H26N4O2S. The largest absolute Gasteiger partial charge is 0.296 e. The van der Waals surface area contributed by atoms with Gasteiger partial charge in [-0.3, -0.25) is 4.90 Å². The van der Waals surface area contributed by atoms with Gasteiger partial charge in [0.15, 0.2) is 0 Å². The molecule has 0 amide bonds. The molecule has 0 spiro atoms. The zero-order valence-corrected chi connectivity index (χ0v) is 17.4. The highest BCUT2D eigenvalue weighted by Gasteiger charge is 2.26. The monoisotopic (exact) mass is 410 g/mol. The molecule has 7 heteroatoms. The molecule has 152 valence electrons. The molecule has 0 saturated carbocycles. The molecule has 2 heterocycles. The molecule has 0 atom stereocenters. The van der Waals surface area contributed by atoms with Gasteiger partial charge in [-0.25, -0.2) is 13.1 Å². The summed E-state index contributed by atoms with van der Waals surface area (Å²) < 4.78 is 27.8. The first-order valence-electron chi connectivity index (χ1n) is 9.96. The van der Waals surface area contributed by atoms with Gasteiger partial charge in [0.25, 0.3) is 0 Å². The quantitative estimate of drug-likeness (QED) is 0.627. The number of hydrogen-bond acceptors (Lipinski definition) is 4. The minimum absolute atomic E-state index is 0.162. The first-order valence-corrected chi connectivity index (χ1v) is 11.6. The molecule has 1 aromatic heterocycles. The molecule has 0 radical (unpaired) electrons. The summed E-state index contributed by atoms with van der Waals surface area (Å²) in [5.74, 6) is 0.162. The SMILES string of the molecule is CCS(=O)(=O)N1CCN(Cc2cn(-c3ccccc3)nc2-c2ccccc2)CC1. The highest BCUT2D eigenvalue weighted by Crippen LogP contribution is 2.25. The van der Waals surface area contributed by atoms with Crippen molar-refractivity contribution in [3.05, 3.63) is 72.4 Å². The molecule has 4 rings (SSSR count). The van der Waals surface area contributed by atoms with Crippen LogP contribution in [0.2, 0.25) is 0 Å². The second kappa shape index (κ2) is 8.49. The summed E-state index contributed by atoms with van der Waals surface area (Å²) in [5.41, 5.74) is 4.23. The first-order chi connectivity index (χ1) is 14.1. The van der Waals surface area contributed by atoms with Crippen LogP contribution in [0.25, 0.3) is 16.9 Å². The highest BCUT2D eigenvalue weighted by molar-refractivity contribution is 7.89. The lowest BCUT2D eigenvalue weighted by molar-refractivity contribution is 0.182. The van der Waals surface area contributed by atoms with E-state index in [1.165, 1.54) is 0 Å². The Hall–Kier alpha value is -2.48. The van der Waals surface area contributed by atoms with E-state index in [-0.39, 0.29) is 5.75 Å². The van der Waals surface area contributed by atoms with Crippen molar-refractivity contribution >= 4 is 10.0 Å². The maximum atomic E-state index is 12.1. The Morgan fingerprint density at radius 2 is 1.52 bits per heavy atom. The summed E-state index contributed by atoms with van der Waals surface area (Å²) in [5, 5.41) is 4.87. The first kappa shape index (κ1) is 19.8. The number of aromatic nitrogens is 2. The van der Waals surface area contributed by atoms with Crippen LogP contribution in [-0.2, 0) is 16.6 Å². The minimum atomic E-state index is -3.11. The van der Waals surface area contributed by atoms with E-state index in [9.17, 15) is 8.42 Å². The second-order valence-corrected chi connectivity index (χ2v) is 9.48. The van der Waals surface area contributed by atoms with Gasteiger partial charge < -0.3 is 0 Å². The number of para-hydroxylation sites is 1. The Bertz CT molecular complexity index is 1040. The molecule has 0 N–H and O–H groups in total. The van der Waals surface area contributed by atoms with Crippen molar-refractivity contribution in [3.63, 3.8) is 0 Å². The zero-order chi connectivity index (χ0) is 20.3. The Labute approximate surface area is 172 Å². The number of nitrogens with zero attached hydrogens (tertiary/aromatic N) is 4. The van der Waals surface area contributed by atoms with Crippen molar-refractivity contribution in [1.82, 2.24) is 19.0 Å². The molecule has 6 nitrogen and oxygen atoms in total. The summed E-state index contributed by atoms with van der Waals surface area (Å²) in [7, 11) is -3.11. The molecule has 3 aromatic rings. The Morgan fingerprint density at radius 3 is 2.14 bits per heavy atom. The number of sulfonamides is 1. The smallest absolute Gasteiger partial charge is 0.213 e. The summed E-state index contributed by atoms with van der Waals surface area (Å²) in [6.07, 6.45) is 2.09. The normalized spacial score (nSPS) is 16.2. The lowest BCUT2D eigenvalue weighted by Crippen LogP contribution is -2.48. The van der Waals surface area contributed by atoms with E-state index in [0.29, 0.717) is 13.1 Å². The van der Waals surface area contributed by atoms with Gasteiger partial charge in [0.05, 0.1) is 17.1 Å². The lowest BCUT2D eigenvalue weighted by Gasteiger charge is -2.33. The number of benzene rings is 2. The molecule has 1 aliphatic rings. The van der Waals surface area contributed by atoms with Crippen LogP contribution >= 0.6 is 0 Å². The van der Waals surface area contributed by atoms with Crippen molar-refractivity contribution in [1.29, 1.82) is 0 Å². The van der Waals surface area contributed by atoms with Crippen LogP contribution in [0, 0.1) is 0 Å². The van der Waals surface area contributed by atoms with Crippen molar-refractivity contribution in [2.45, 2.75) is 13.5 Å². The van der Waals surface area contributed by atoms with Gasteiger partial charge in [-0.05, 0) is 19.1 Å². The third-order valence-corrected chi connectivity index (χ3v) is 7.22. The van der Waals surface area contributed by atoms with E-state index < -0.39 is 10.0 Å². The fraction of sp³-hybridized carbons (Fsp3) is 0.318. The fourth-order valence-electron chi connectivity index (χ4n) is 3.67. The van der Waals surface area contributed by atoms with Gasteiger partial charge in [-0.2, -0.15) is 9.40 Å². The second-order valence-electron chi connectivity index (χ2n) is 7.22. The maximum absolute atomic E-state index is 12.1. The third-order valence-electron chi connectivity index (χ3n) is 5.34. The number of rotatable bonds is 6. The van der Waals surface area contributed by atoms with Crippen LogP contribution in [0.15, 0.2) is 66.9 Å². The molecule has 0 aliphatic carbocycles. The molecule has 29 heavy (non-hydrogen) atoms. The zero-order valence-electron chi connectivity index (χ0n) is 16.6. The van der Waals surface area contributed by atoms with E-state index in [0.717, 1.165) is 42.1 Å². The molecule has 1 aliphatic heterocycles. The standard InChI is InChI=1S/C22H26N4O2S/c1-2-29(27,28)25-15-13-24(14-16-25)17-20-18-26(21-11-7-4-8-12-21)23-22(20)19-9-5-3-6-10-19/h3-12,18H,2,13-17H2,1H3. The van der Waals surface area contributed by atoms with Gasteiger partial charge in [-0.15, -0.1) is 0 Å².